The third-order valence-corrected chi connectivity index (χ3v) is 5.30. The molecule has 2 N–H and O–H groups in total. The third kappa shape index (κ3) is 4.00. The van der Waals surface area contributed by atoms with Crippen molar-refractivity contribution in [2.75, 3.05) is 5.73 Å². The van der Waals surface area contributed by atoms with Gasteiger partial charge in [-0.25, -0.2) is 9.50 Å². The molecule has 11 heteroatoms. The maximum Gasteiger partial charge on any atom is 0.416 e. The SMILES string of the molecule is C[C@H](c1ccc(C(F)(F)F)cc1)n1cc(-c2cncc(-c3ccn4nc(N)nc4c3)n2)cn1. The molecule has 0 saturated heterocycles. The fourth-order valence-corrected chi connectivity index (χ4v) is 3.49. The van der Waals surface area contributed by atoms with E-state index in [1.807, 2.05) is 19.1 Å². The van der Waals surface area contributed by atoms with Crippen LogP contribution >= 0.6 is 0 Å². The molecule has 0 spiro atoms. The lowest BCUT2D eigenvalue weighted by Gasteiger charge is -2.14. The standard InChI is InChI=1S/C22H17F3N8/c1-13(14-2-4-17(5-3-14)22(23,24)25)33-12-16(9-28-33)19-11-27-10-18(29-19)15-6-7-32-20(8-15)30-21(26)31-32/h2-13H,1H3,(H2,26,31)/t13-/m1/s1. The fraction of sp³-hybridized carbons (Fsp3) is 0.136. The molecule has 4 heterocycles. The zero-order chi connectivity index (χ0) is 23.2. The number of hydrogen-bond acceptors (Lipinski definition) is 6. The van der Waals surface area contributed by atoms with Crippen LogP contribution in [0.4, 0.5) is 19.1 Å². The number of rotatable bonds is 4. The van der Waals surface area contributed by atoms with Gasteiger partial charge < -0.3 is 5.73 Å². The van der Waals surface area contributed by atoms with Gasteiger partial charge in [0.2, 0.25) is 5.95 Å². The zero-order valence-electron chi connectivity index (χ0n) is 17.3. The molecule has 0 aliphatic heterocycles. The monoisotopic (exact) mass is 450 g/mol. The Bertz CT molecular complexity index is 1440. The van der Waals surface area contributed by atoms with Crippen molar-refractivity contribution in [3.63, 3.8) is 0 Å². The highest BCUT2D eigenvalue weighted by atomic mass is 19.4. The van der Waals surface area contributed by atoms with Crippen LogP contribution in [0.25, 0.3) is 28.2 Å². The lowest BCUT2D eigenvalue weighted by Crippen LogP contribution is -2.09. The maximum atomic E-state index is 12.8. The van der Waals surface area contributed by atoms with E-state index >= 15 is 0 Å². The normalized spacial score (nSPS) is 12.8. The third-order valence-electron chi connectivity index (χ3n) is 5.30. The first-order valence-corrected chi connectivity index (χ1v) is 9.94. The molecule has 5 aromatic rings. The average molecular weight is 450 g/mol. The van der Waals surface area contributed by atoms with Gasteiger partial charge in [0.25, 0.3) is 0 Å². The number of pyridine rings is 1. The van der Waals surface area contributed by atoms with Gasteiger partial charge in [0.1, 0.15) is 0 Å². The number of hydrogen-bond donors (Lipinski definition) is 1. The Labute approximate surface area is 185 Å². The minimum absolute atomic E-state index is 0.182. The molecule has 0 aliphatic carbocycles. The Morgan fingerprint density at radius 3 is 2.39 bits per heavy atom. The average Bonchev–Trinajstić information content (AvgIpc) is 3.44. The summed E-state index contributed by atoms with van der Waals surface area (Å²) in [6.45, 7) is 1.86. The van der Waals surface area contributed by atoms with E-state index in [2.05, 4.69) is 25.1 Å². The topological polar surface area (TPSA) is 99.8 Å². The fourth-order valence-electron chi connectivity index (χ4n) is 3.49. The molecular weight excluding hydrogens is 433 g/mol. The Kier molecular flexibility index (Phi) is 4.81. The molecule has 0 bridgehead atoms. The molecule has 0 fully saturated rings. The number of nitrogens with two attached hydrogens (primary N) is 1. The van der Waals surface area contributed by atoms with Crippen LogP contribution in [0.2, 0.25) is 0 Å². The van der Waals surface area contributed by atoms with E-state index in [9.17, 15) is 13.2 Å². The van der Waals surface area contributed by atoms with Crippen molar-refractivity contribution in [1.82, 2.24) is 34.3 Å². The minimum atomic E-state index is -4.37. The van der Waals surface area contributed by atoms with Gasteiger partial charge in [-0.05, 0) is 36.8 Å². The highest BCUT2D eigenvalue weighted by Gasteiger charge is 2.30. The maximum absolute atomic E-state index is 12.8. The van der Waals surface area contributed by atoms with Gasteiger partial charge in [0, 0.05) is 23.5 Å². The van der Waals surface area contributed by atoms with E-state index in [1.54, 1.807) is 40.2 Å². The first kappa shape index (κ1) is 20.6. The van der Waals surface area contributed by atoms with Crippen molar-refractivity contribution >= 4 is 11.6 Å². The van der Waals surface area contributed by atoms with E-state index in [1.165, 1.54) is 12.1 Å². The smallest absolute Gasteiger partial charge is 0.366 e. The molecule has 1 aromatic carbocycles. The lowest BCUT2D eigenvalue weighted by atomic mass is 10.1. The largest absolute Gasteiger partial charge is 0.416 e. The highest BCUT2D eigenvalue weighted by Crippen LogP contribution is 2.31. The van der Waals surface area contributed by atoms with E-state index in [4.69, 9.17) is 5.73 Å². The second-order valence-electron chi connectivity index (χ2n) is 7.48. The molecule has 0 saturated carbocycles. The molecule has 0 radical (unpaired) electrons. The summed E-state index contributed by atoms with van der Waals surface area (Å²) in [5.41, 5.74) is 9.04. The van der Waals surface area contributed by atoms with Crippen molar-refractivity contribution in [2.45, 2.75) is 19.1 Å². The van der Waals surface area contributed by atoms with Crippen LogP contribution in [0, 0.1) is 0 Å². The quantitative estimate of drug-likeness (QED) is 0.439. The van der Waals surface area contributed by atoms with Gasteiger partial charge in [-0.15, -0.1) is 5.10 Å². The van der Waals surface area contributed by atoms with Crippen LogP contribution < -0.4 is 5.73 Å². The molecular formula is C22H17F3N8. The van der Waals surface area contributed by atoms with Crippen molar-refractivity contribution < 1.29 is 13.2 Å². The number of alkyl halides is 3. The van der Waals surface area contributed by atoms with Crippen molar-refractivity contribution in [3.05, 3.63) is 78.5 Å². The van der Waals surface area contributed by atoms with Crippen LogP contribution in [0.1, 0.15) is 24.1 Å². The molecule has 1 atom stereocenters. The Morgan fingerprint density at radius 1 is 0.939 bits per heavy atom. The minimum Gasteiger partial charge on any atom is -0.366 e. The van der Waals surface area contributed by atoms with Gasteiger partial charge in [-0.1, -0.05) is 12.1 Å². The van der Waals surface area contributed by atoms with Crippen LogP contribution in [0.5, 0.6) is 0 Å². The van der Waals surface area contributed by atoms with Gasteiger partial charge in [-0.3, -0.25) is 9.67 Å². The number of fused-ring (bicyclic) bond motifs is 1. The number of anilines is 1. The Hall–Kier alpha value is -4.28. The van der Waals surface area contributed by atoms with Crippen LogP contribution in [-0.4, -0.2) is 34.3 Å². The van der Waals surface area contributed by atoms with Crippen molar-refractivity contribution in [1.29, 1.82) is 0 Å². The summed E-state index contributed by atoms with van der Waals surface area (Å²) >= 11 is 0. The molecule has 5 rings (SSSR count). The highest BCUT2D eigenvalue weighted by molar-refractivity contribution is 5.66. The van der Waals surface area contributed by atoms with Gasteiger partial charge in [-0.2, -0.15) is 23.3 Å². The Morgan fingerprint density at radius 2 is 1.67 bits per heavy atom. The second kappa shape index (κ2) is 7.69. The van der Waals surface area contributed by atoms with E-state index < -0.39 is 11.7 Å². The molecule has 8 nitrogen and oxygen atoms in total. The van der Waals surface area contributed by atoms with Gasteiger partial charge >= 0.3 is 6.18 Å². The van der Waals surface area contributed by atoms with E-state index in [0.717, 1.165) is 23.3 Å². The van der Waals surface area contributed by atoms with Crippen LogP contribution in [-0.2, 0) is 6.18 Å². The number of benzene rings is 1. The van der Waals surface area contributed by atoms with Crippen LogP contribution in [0.15, 0.2) is 67.4 Å². The Balaban J connectivity index is 1.41. The summed E-state index contributed by atoms with van der Waals surface area (Å²) in [5.74, 6) is 0.182. The predicted molar refractivity (Wildman–Crippen MR) is 115 cm³/mol. The van der Waals surface area contributed by atoms with Gasteiger partial charge in [0.05, 0.1) is 41.6 Å². The molecule has 33 heavy (non-hydrogen) atoms. The summed E-state index contributed by atoms with van der Waals surface area (Å²) in [6.07, 6.45) is 4.09. The summed E-state index contributed by atoms with van der Waals surface area (Å²) in [7, 11) is 0. The van der Waals surface area contributed by atoms with E-state index in [-0.39, 0.29) is 12.0 Å². The first-order chi connectivity index (χ1) is 15.8. The van der Waals surface area contributed by atoms with Crippen molar-refractivity contribution in [2.24, 2.45) is 0 Å². The molecule has 0 amide bonds. The predicted octanol–water partition coefficient (Wildman–Crippen LogP) is 4.26. The number of aromatic nitrogens is 7. The van der Waals surface area contributed by atoms with Crippen LogP contribution in [0.3, 0.4) is 0 Å². The molecule has 166 valence electrons. The molecule has 0 aliphatic rings. The molecule has 0 unspecified atom stereocenters. The number of nitrogen functional groups attached to an aromatic ring is 1. The summed E-state index contributed by atoms with van der Waals surface area (Å²) in [6, 6.07) is 8.46. The van der Waals surface area contributed by atoms with Crippen molar-refractivity contribution in [3.8, 4) is 22.5 Å². The zero-order valence-corrected chi connectivity index (χ0v) is 17.3. The lowest BCUT2D eigenvalue weighted by molar-refractivity contribution is -0.137. The summed E-state index contributed by atoms with van der Waals surface area (Å²) < 4.78 is 41.7. The second-order valence-corrected chi connectivity index (χ2v) is 7.48. The number of halogens is 3. The summed E-state index contributed by atoms with van der Waals surface area (Å²) in [4.78, 5) is 13.1. The number of nitrogens with zero attached hydrogens (tertiary/aromatic N) is 7. The molecule has 4 aromatic heterocycles. The first-order valence-electron chi connectivity index (χ1n) is 9.94. The summed E-state index contributed by atoms with van der Waals surface area (Å²) in [5, 5.41) is 8.43. The van der Waals surface area contributed by atoms with Gasteiger partial charge in [0.15, 0.2) is 5.65 Å². The van der Waals surface area contributed by atoms with E-state index in [0.29, 0.717) is 22.6 Å².